The van der Waals surface area contributed by atoms with Gasteiger partial charge in [-0.2, -0.15) is 0 Å². The van der Waals surface area contributed by atoms with Gasteiger partial charge in [-0.3, -0.25) is 0 Å². The Kier molecular flexibility index (Phi) is 8.36. The van der Waals surface area contributed by atoms with E-state index in [2.05, 4.69) is 199 Å². The SMILES string of the molecule is c1ccc(-c2ccc(-c3nc(-c4ccccc4)nc(-c4ccc(-n5c6ccccc6c6cc7ccccc7cc65)cc4-c4cc5ccccc5c5sc6ccccc6c45)n3)cc2)cc1. The number of benzene rings is 10. The first kappa shape index (κ1) is 36.4. The summed E-state index contributed by atoms with van der Waals surface area (Å²) in [7, 11) is 0. The third kappa shape index (κ3) is 5.93. The molecule has 0 aliphatic carbocycles. The molecule has 0 spiro atoms. The summed E-state index contributed by atoms with van der Waals surface area (Å²) in [5, 5.41) is 9.80. The van der Waals surface area contributed by atoms with Crippen molar-refractivity contribution >= 4 is 74.9 Å². The molecule has 13 aromatic rings. The molecule has 0 amide bonds. The van der Waals surface area contributed by atoms with E-state index in [0.29, 0.717) is 17.5 Å². The van der Waals surface area contributed by atoms with Crippen LogP contribution >= 0.6 is 11.3 Å². The fourth-order valence-electron chi connectivity index (χ4n) is 9.58. The lowest BCUT2D eigenvalue weighted by Crippen LogP contribution is -2.02. The standard InChI is InChI=1S/C59H36N4S/c1-3-15-37(16-4-1)38-27-29-40(30-28-38)58-60-57(39-17-5-2-6-18-39)61-59(62-58)47-32-31-44(63-52-25-13-11-23-46(52)50-33-41-19-7-8-20-42(41)35-53(50)63)36-49(47)51-34-43-21-9-10-22-45(43)56-55(51)48-24-12-14-26-54(48)64-56/h1-36H. The van der Waals surface area contributed by atoms with Crippen molar-refractivity contribution in [2.75, 3.05) is 0 Å². The highest BCUT2D eigenvalue weighted by Crippen LogP contribution is 2.47. The molecule has 0 unspecified atom stereocenters. The molecule has 3 heterocycles. The first-order valence-electron chi connectivity index (χ1n) is 21.6. The largest absolute Gasteiger partial charge is 0.309 e. The van der Waals surface area contributed by atoms with Gasteiger partial charge in [0.05, 0.1) is 11.0 Å². The average molecular weight is 833 g/mol. The molecule has 0 N–H and O–H groups in total. The zero-order valence-electron chi connectivity index (χ0n) is 34.5. The Hall–Kier alpha value is -8.25. The summed E-state index contributed by atoms with van der Waals surface area (Å²) < 4.78 is 4.96. The van der Waals surface area contributed by atoms with Crippen LogP contribution in [0.1, 0.15) is 0 Å². The maximum Gasteiger partial charge on any atom is 0.164 e. The number of hydrogen-bond donors (Lipinski definition) is 0. The minimum atomic E-state index is 0.617. The first-order valence-corrected chi connectivity index (χ1v) is 22.4. The van der Waals surface area contributed by atoms with Crippen LogP contribution in [0.2, 0.25) is 0 Å². The first-order chi connectivity index (χ1) is 31.7. The zero-order valence-corrected chi connectivity index (χ0v) is 35.3. The predicted molar refractivity (Wildman–Crippen MR) is 269 cm³/mol. The second kappa shape index (κ2) is 14.7. The molecular formula is C59H36N4S. The minimum absolute atomic E-state index is 0.617. The summed E-state index contributed by atoms with van der Waals surface area (Å²) in [5.41, 5.74) is 10.7. The van der Waals surface area contributed by atoms with Crippen molar-refractivity contribution in [3.8, 4) is 62.1 Å². The lowest BCUT2D eigenvalue weighted by Gasteiger charge is -2.17. The van der Waals surface area contributed by atoms with Gasteiger partial charge in [-0.25, -0.2) is 15.0 Å². The van der Waals surface area contributed by atoms with Gasteiger partial charge in [0.1, 0.15) is 0 Å². The molecule has 0 atom stereocenters. The molecule has 0 aliphatic heterocycles. The summed E-state index contributed by atoms with van der Waals surface area (Å²) >= 11 is 1.86. The predicted octanol–water partition coefficient (Wildman–Crippen LogP) is 16.0. The van der Waals surface area contributed by atoms with Crippen molar-refractivity contribution in [3.05, 3.63) is 218 Å². The number of rotatable bonds is 6. The lowest BCUT2D eigenvalue weighted by molar-refractivity contribution is 1.07. The maximum absolute atomic E-state index is 5.38. The van der Waals surface area contributed by atoms with Crippen molar-refractivity contribution in [1.82, 2.24) is 19.5 Å². The number of para-hydroxylation sites is 1. The molecule has 0 saturated heterocycles. The van der Waals surface area contributed by atoms with Gasteiger partial charge in [0.25, 0.3) is 0 Å². The molecular weight excluding hydrogens is 797 g/mol. The number of hydrogen-bond acceptors (Lipinski definition) is 4. The summed E-state index contributed by atoms with van der Waals surface area (Å²) in [4.78, 5) is 15.9. The van der Waals surface area contributed by atoms with Crippen LogP contribution in [-0.4, -0.2) is 19.5 Å². The van der Waals surface area contributed by atoms with Crippen LogP contribution in [-0.2, 0) is 0 Å². The molecule has 0 saturated carbocycles. The molecule has 0 aliphatic rings. The third-order valence-electron chi connectivity index (χ3n) is 12.6. The second-order valence-electron chi connectivity index (χ2n) is 16.4. The van der Waals surface area contributed by atoms with Gasteiger partial charge in [-0.05, 0) is 92.3 Å². The lowest BCUT2D eigenvalue weighted by atomic mass is 9.91. The normalized spacial score (nSPS) is 11.8. The van der Waals surface area contributed by atoms with Crippen LogP contribution < -0.4 is 0 Å². The van der Waals surface area contributed by atoms with Crippen LogP contribution in [0.4, 0.5) is 0 Å². The van der Waals surface area contributed by atoms with Gasteiger partial charge in [0.2, 0.25) is 0 Å². The zero-order chi connectivity index (χ0) is 42.1. The highest BCUT2D eigenvalue weighted by atomic mass is 32.1. The van der Waals surface area contributed by atoms with E-state index < -0.39 is 0 Å². The second-order valence-corrected chi connectivity index (χ2v) is 17.4. The highest BCUT2D eigenvalue weighted by Gasteiger charge is 2.22. The Bertz CT molecular complexity index is 3940. The van der Waals surface area contributed by atoms with Crippen LogP contribution in [0.5, 0.6) is 0 Å². The molecule has 4 nitrogen and oxygen atoms in total. The molecule has 3 aromatic heterocycles. The van der Waals surface area contributed by atoms with Gasteiger partial charge in [0, 0.05) is 53.3 Å². The van der Waals surface area contributed by atoms with E-state index in [4.69, 9.17) is 15.0 Å². The van der Waals surface area contributed by atoms with Crippen molar-refractivity contribution in [2.45, 2.75) is 0 Å². The van der Waals surface area contributed by atoms with Crippen LogP contribution in [0.3, 0.4) is 0 Å². The fourth-order valence-corrected chi connectivity index (χ4v) is 10.8. The Morgan fingerprint density at radius 1 is 0.328 bits per heavy atom. The van der Waals surface area contributed by atoms with E-state index in [1.54, 1.807) is 0 Å². The molecule has 5 heteroatoms. The van der Waals surface area contributed by atoms with Crippen molar-refractivity contribution in [1.29, 1.82) is 0 Å². The highest BCUT2D eigenvalue weighted by molar-refractivity contribution is 7.26. The van der Waals surface area contributed by atoms with Crippen LogP contribution in [0.15, 0.2) is 218 Å². The molecule has 13 rings (SSSR count). The molecule has 0 fully saturated rings. The molecule has 10 aromatic carbocycles. The van der Waals surface area contributed by atoms with Gasteiger partial charge in [-0.1, -0.05) is 170 Å². The number of aromatic nitrogens is 4. The summed E-state index contributed by atoms with van der Waals surface area (Å²) in [5.74, 6) is 1.87. The van der Waals surface area contributed by atoms with Gasteiger partial charge in [-0.15, -0.1) is 11.3 Å². The Morgan fingerprint density at radius 3 is 1.66 bits per heavy atom. The smallest absolute Gasteiger partial charge is 0.164 e. The molecule has 64 heavy (non-hydrogen) atoms. The van der Waals surface area contributed by atoms with Crippen molar-refractivity contribution in [2.24, 2.45) is 0 Å². The number of thiophene rings is 1. The van der Waals surface area contributed by atoms with Gasteiger partial charge in [0.15, 0.2) is 17.5 Å². The monoisotopic (exact) mass is 832 g/mol. The topological polar surface area (TPSA) is 43.6 Å². The fraction of sp³-hybridized carbons (Fsp3) is 0. The van der Waals surface area contributed by atoms with Crippen molar-refractivity contribution in [3.63, 3.8) is 0 Å². The van der Waals surface area contributed by atoms with Gasteiger partial charge < -0.3 is 4.57 Å². The average Bonchev–Trinajstić information content (AvgIpc) is 3.92. The Balaban J connectivity index is 1.11. The molecule has 0 bridgehead atoms. The quantitative estimate of drug-likeness (QED) is 0.168. The van der Waals surface area contributed by atoms with Crippen molar-refractivity contribution < 1.29 is 0 Å². The van der Waals surface area contributed by atoms with E-state index in [-0.39, 0.29) is 0 Å². The van der Waals surface area contributed by atoms with E-state index in [1.807, 2.05) is 35.6 Å². The molecule has 298 valence electrons. The maximum atomic E-state index is 5.38. The Labute approximate surface area is 373 Å². The number of nitrogens with zero attached hydrogens (tertiary/aromatic N) is 4. The van der Waals surface area contributed by atoms with E-state index >= 15 is 0 Å². The summed E-state index contributed by atoms with van der Waals surface area (Å²) in [6.45, 7) is 0. The van der Waals surface area contributed by atoms with Crippen LogP contribution in [0.25, 0.3) is 126 Å². The Morgan fingerprint density at radius 2 is 0.891 bits per heavy atom. The van der Waals surface area contributed by atoms with Gasteiger partial charge >= 0.3 is 0 Å². The molecule has 0 radical (unpaired) electrons. The van der Waals surface area contributed by atoms with E-state index in [1.165, 1.54) is 58.1 Å². The summed E-state index contributed by atoms with van der Waals surface area (Å²) in [6.07, 6.45) is 0. The van der Waals surface area contributed by atoms with E-state index in [0.717, 1.165) is 50.1 Å². The minimum Gasteiger partial charge on any atom is -0.309 e. The van der Waals surface area contributed by atoms with E-state index in [9.17, 15) is 0 Å². The van der Waals surface area contributed by atoms with Crippen LogP contribution in [0, 0.1) is 0 Å². The summed E-state index contributed by atoms with van der Waals surface area (Å²) in [6, 6.07) is 78.1. The number of fused-ring (bicyclic) bond motifs is 9. The third-order valence-corrected chi connectivity index (χ3v) is 13.8.